The SMILES string of the molecule is C=CC(=O)N1CC(N2CC(c3ccc4c(c3)Nc3nccc(-c5cnn(C)c5)c3CO4)C2)C1. The average Bonchev–Trinajstić information content (AvgIpc) is 3.10. The zero-order valence-electron chi connectivity index (χ0n) is 18.6. The van der Waals surface area contributed by atoms with Gasteiger partial charge in [0.1, 0.15) is 18.2 Å². The third kappa shape index (κ3) is 3.47. The number of hydrogen-bond acceptors (Lipinski definition) is 6. The summed E-state index contributed by atoms with van der Waals surface area (Å²) in [4.78, 5) is 20.6. The van der Waals surface area contributed by atoms with Crippen LogP contribution in [0.25, 0.3) is 11.1 Å². The van der Waals surface area contributed by atoms with Crippen LogP contribution in [0.15, 0.2) is 55.5 Å². The van der Waals surface area contributed by atoms with Crippen molar-refractivity contribution in [3.63, 3.8) is 0 Å². The van der Waals surface area contributed by atoms with Gasteiger partial charge in [-0.1, -0.05) is 12.6 Å². The number of hydrogen-bond donors (Lipinski definition) is 1. The summed E-state index contributed by atoms with van der Waals surface area (Å²) in [6.07, 6.45) is 7.09. The van der Waals surface area contributed by atoms with Gasteiger partial charge in [0.15, 0.2) is 0 Å². The van der Waals surface area contributed by atoms with Crippen LogP contribution in [0.5, 0.6) is 5.75 Å². The molecule has 3 aromatic rings. The summed E-state index contributed by atoms with van der Waals surface area (Å²) in [5.74, 6) is 2.17. The molecule has 1 amide bonds. The van der Waals surface area contributed by atoms with E-state index in [-0.39, 0.29) is 5.91 Å². The molecule has 0 radical (unpaired) electrons. The second-order valence-electron chi connectivity index (χ2n) is 9.01. The maximum atomic E-state index is 11.7. The van der Waals surface area contributed by atoms with Crippen molar-refractivity contribution in [2.45, 2.75) is 18.6 Å². The maximum Gasteiger partial charge on any atom is 0.246 e. The van der Waals surface area contributed by atoms with E-state index < -0.39 is 0 Å². The Morgan fingerprint density at radius 2 is 2.09 bits per heavy atom. The summed E-state index contributed by atoms with van der Waals surface area (Å²) in [7, 11) is 1.92. The molecule has 6 rings (SSSR count). The molecule has 1 aromatic carbocycles. The minimum atomic E-state index is 0.0284. The minimum absolute atomic E-state index is 0.0284. The molecule has 0 bridgehead atoms. The fourth-order valence-corrected chi connectivity index (χ4v) is 4.90. The summed E-state index contributed by atoms with van der Waals surface area (Å²) in [6.45, 7) is 7.65. The first-order valence-corrected chi connectivity index (χ1v) is 11.2. The van der Waals surface area contributed by atoms with Crippen molar-refractivity contribution in [2.24, 2.45) is 7.05 Å². The number of nitrogens with zero attached hydrogens (tertiary/aromatic N) is 5. The number of pyridine rings is 1. The lowest BCUT2D eigenvalue weighted by Gasteiger charge is -2.51. The number of benzene rings is 1. The van der Waals surface area contributed by atoms with Crippen LogP contribution in [-0.4, -0.2) is 62.7 Å². The standard InChI is InChI=1S/C25H26N6O2/c1-3-24(32)31-13-19(14-31)30-11-18(12-30)16-4-5-23-22(8-16)28-25-21(15-33-23)20(6-7-26-25)17-9-27-29(2)10-17/h3-10,18-19H,1,11-15H2,2H3,(H,26,28). The molecular formula is C25H26N6O2. The van der Waals surface area contributed by atoms with E-state index in [4.69, 9.17) is 4.74 Å². The van der Waals surface area contributed by atoms with Crippen LogP contribution in [0, 0.1) is 0 Å². The molecule has 33 heavy (non-hydrogen) atoms. The fraction of sp³-hybridized carbons (Fsp3) is 0.320. The average molecular weight is 443 g/mol. The second kappa shape index (κ2) is 7.74. The van der Waals surface area contributed by atoms with Gasteiger partial charge >= 0.3 is 0 Å². The number of aromatic nitrogens is 3. The lowest BCUT2D eigenvalue weighted by Crippen LogP contribution is -2.65. The topological polar surface area (TPSA) is 75.5 Å². The predicted molar refractivity (Wildman–Crippen MR) is 125 cm³/mol. The van der Waals surface area contributed by atoms with Gasteiger partial charge in [0, 0.05) is 68.7 Å². The predicted octanol–water partition coefficient (Wildman–Crippen LogP) is 2.91. The summed E-state index contributed by atoms with van der Waals surface area (Å²) >= 11 is 0. The minimum Gasteiger partial charge on any atom is -0.487 e. The van der Waals surface area contributed by atoms with Crippen LogP contribution in [-0.2, 0) is 18.4 Å². The molecule has 8 heteroatoms. The molecule has 0 spiro atoms. The number of amides is 1. The number of aryl methyl sites for hydroxylation is 1. The lowest BCUT2D eigenvalue weighted by molar-refractivity contribution is -0.134. The van der Waals surface area contributed by atoms with E-state index in [1.807, 2.05) is 36.6 Å². The molecule has 2 aromatic heterocycles. The fourth-order valence-electron chi connectivity index (χ4n) is 4.90. The Hall–Kier alpha value is -3.65. The van der Waals surface area contributed by atoms with Gasteiger partial charge in [-0.05, 0) is 35.4 Å². The van der Waals surface area contributed by atoms with Gasteiger partial charge < -0.3 is 15.0 Å². The van der Waals surface area contributed by atoms with Crippen LogP contribution in [0.4, 0.5) is 11.5 Å². The van der Waals surface area contributed by atoms with Crippen LogP contribution in [0.2, 0.25) is 0 Å². The third-order valence-corrected chi connectivity index (χ3v) is 6.95. The van der Waals surface area contributed by atoms with Gasteiger partial charge in [0.05, 0.1) is 11.9 Å². The summed E-state index contributed by atoms with van der Waals surface area (Å²) in [5, 5.41) is 7.82. The van der Waals surface area contributed by atoms with Crippen LogP contribution < -0.4 is 10.1 Å². The van der Waals surface area contributed by atoms with Gasteiger partial charge in [-0.3, -0.25) is 14.4 Å². The van der Waals surface area contributed by atoms with E-state index in [9.17, 15) is 4.79 Å². The molecule has 0 aliphatic carbocycles. The molecule has 0 unspecified atom stereocenters. The second-order valence-corrected chi connectivity index (χ2v) is 9.01. The molecule has 2 fully saturated rings. The van der Waals surface area contributed by atoms with Crippen molar-refractivity contribution in [3.05, 3.63) is 66.6 Å². The van der Waals surface area contributed by atoms with E-state index >= 15 is 0 Å². The monoisotopic (exact) mass is 442 g/mol. The van der Waals surface area contributed by atoms with Gasteiger partial charge in [0.25, 0.3) is 0 Å². The molecule has 3 aliphatic heterocycles. The smallest absolute Gasteiger partial charge is 0.246 e. The highest BCUT2D eigenvalue weighted by atomic mass is 16.5. The van der Waals surface area contributed by atoms with Crippen LogP contribution in [0.3, 0.4) is 0 Å². The van der Waals surface area contributed by atoms with Gasteiger partial charge in [-0.2, -0.15) is 5.10 Å². The Labute approximate surface area is 192 Å². The van der Waals surface area contributed by atoms with Crippen molar-refractivity contribution in [3.8, 4) is 16.9 Å². The summed E-state index contributed by atoms with van der Waals surface area (Å²) < 4.78 is 7.98. The van der Waals surface area contributed by atoms with Crippen molar-refractivity contribution in [2.75, 3.05) is 31.5 Å². The van der Waals surface area contributed by atoms with Crippen LogP contribution >= 0.6 is 0 Å². The number of rotatable bonds is 4. The van der Waals surface area contributed by atoms with Gasteiger partial charge in [0.2, 0.25) is 5.91 Å². The number of ether oxygens (including phenoxy) is 1. The van der Waals surface area contributed by atoms with Crippen molar-refractivity contribution in [1.29, 1.82) is 0 Å². The third-order valence-electron chi connectivity index (χ3n) is 6.95. The van der Waals surface area contributed by atoms with Crippen molar-refractivity contribution >= 4 is 17.4 Å². The first-order chi connectivity index (χ1) is 16.1. The number of carbonyl (C=O) groups is 1. The molecule has 0 atom stereocenters. The number of anilines is 2. The van der Waals surface area contributed by atoms with Crippen molar-refractivity contribution in [1.82, 2.24) is 24.6 Å². The molecule has 0 saturated carbocycles. The van der Waals surface area contributed by atoms with Crippen LogP contribution in [0.1, 0.15) is 17.0 Å². The molecular weight excluding hydrogens is 416 g/mol. The number of likely N-dealkylation sites (tertiary alicyclic amines) is 2. The quantitative estimate of drug-likeness (QED) is 0.627. The normalized spacial score (nSPS) is 18.2. The van der Waals surface area contributed by atoms with Gasteiger partial charge in [-0.25, -0.2) is 4.98 Å². The molecule has 1 N–H and O–H groups in total. The zero-order chi connectivity index (χ0) is 22.5. The highest BCUT2D eigenvalue weighted by Gasteiger charge is 2.40. The maximum absolute atomic E-state index is 11.7. The summed E-state index contributed by atoms with van der Waals surface area (Å²) in [5.41, 5.74) is 5.40. The highest BCUT2D eigenvalue weighted by Crippen LogP contribution is 2.40. The van der Waals surface area contributed by atoms with Gasteiger partial charge in [-0.15, -0.1) is 0 Å². The zero-order valence-corrected chi connectivity index (χ0v) is 18.6. The number of nitrogens with one attached hydrogen (secondary N) is 1. The number of carbonyl (C=O) groups excluding carboxylic acids is 1. The van der Waals surface area contributed by atoms with E-state index in [0.29, 0.717) is 18.6 Å². The Morgan fingerprint density at radius 1 is 1.24 bits per heavy atom. The Morgan fingerprint density at radius 3 is 2.85 bits per heavy atom. The molecule has 3 aliphatic rings. The first-order valence-electron chi connectivity index (χ1n) is 11.2. The lowest BCUT2D eigenvalue weighted by atomic mass is 9.88. The molecule has 168 valence electrons. The first kappa shape index (κ1) is 20.0. The summed E-state index contributed by atoms with van der Waals surface area (Å²) in [6, 6.07) is 8.90. The highest BCUT2D eigenvalue weighted by molar-refractivity contribution is 5.87. The Kier molecular flexibility index (Phi) is 4.69. The molecule has 2 saturated heterocycles. The Balaban J connectivity index is 1.17. The van der Waals surface area contributed by atoms with E-state index in [0.717, 1.165) is 60.1 Å². The molecule has 5 heterocycles. The number of fused-ring (bicyclic) bond motifs is 2. The van der Waals surface area contributed by atoms with E-state index in [1.54, 1.807) is 4.68 Å². The Bertz CT molecular complexity index is 1240. The van der Waals surface area contributed by atoms with E-state index in [1.165, 1.54) is 11.6 Å². The molecule has 8 nitrogen and oxygen atoms in total. The van der Waals surface area contributed by atoms with Crippen molar-refractivity contribution < 1.29 is 9.53 Å². The largest absolute Gasteiger partial charge is 0.487 e. The van der Waals surface area contributed by atoms with E-state index in [2.05, 4.69) is 45.1 Å².